The van der Waals surface area contributed by atoms with E-state index in [2.05, 4.69) is 15.2 Å². The van der Waals surface area contributed by atoms with Crippen LogP contribution in [-0.2, 0) is 0 Å². The van der Waals surface area contributed by atoms with Crippen molar-refractivity contribution in [2.24, 2.45) is 5.92 Å². The number of aromatic amines is 1. The molecule has 6 heteroatoms. The Bertz CT molecular complexity index is 541. The average molecular weight is 300 g/mol. The minimum atomic E-state index is -0.522. The molecule has 1 heterocycles. The van der Waals surface area contributed by atoms with Gasteiger partial charge in [-0.1, -0.05) is 42.1 Å². The van der Waals surface area contributed by atoms with Crippen molar-refractivity contribution in [1.29, 1.82) is 0 Å². The number of nitrogens with one attached hydrogen (secondary N) is 1. The summed E-state index contributed by atoms with van der Waals surface area (Å²) in [5.41, 5.74) is 1.03. The fourth-order valence-corrected chi connectivity index (χ4v) is 3.39. The average Bonchev–Trinajstić information content (AvgIpc) is 2.79. The molecule has 0 aliphatic heterocycles. The van der Waals surface area contributed by atoms with Crippen molar-refractivity contribution in [3.63, 3.8) is 0 Å². The van der Waals surface area contributed by atoms with E-state index < -0.39 is 4.33 Å². The van der Waals surface area contributed by atoms with E-state index in [1.807, 2.05) is 30.3 Å². The van der Waals surface area contributed by atoms with E-state index in [1.165, 1.54) is 0 Å². The molecule has 0 bridgehead atoms. The lowest BCUT2D eigenvalue weighted by Gasteiger charge is -1.96. The third kappa shape index (κ3) is 2.66. The van der Waals surface area contributed by atoms with Crippen LogP contribution >= 0.6 is 35.0 Å². The summed E-state index contributed by atoms with van der Waals surface area (Å²) < 4.78 is -0.522. The lowest BCUT2D eigenvalue weighted by atomic mass is 10.2. The minimum absolute atomic E-state index is 0.351. The van der Waals surface area contributed by atoms with Crippen LogP contribution in [0.1, 0.15) is 6.42 Å². The molecule has 1 aliphatic rings. The standard InChI is InChI=1S/C12H11Cl2N3S/c13-12(14)6-9(12)7-18-11-15-10(16-17-11)8-4-2-1-3-5-8/h1-5,9H,6-7H2,(H,15,16,17)/t9-/m1/s1. The predicted octanol–water partition coefficient (Wildman–Crippen LogP) is 3.76. The zero-order chi connectivity index (χ0) is 12.6. The zero-order valence-electron chi connectivity index (χ0n) is 9.44. The smallest absolute Gasteiger partial charge is 0.208 e. The summed E-state index contributed by atoms with van der Waals surface area (Å²) in [6.07, 6.45) is 0.860. The summed E-state index contributed by atoms with van der Waals surface area (Å²) in [5.74, 6) is 2.00. The van der Waals surface area contributed by atoms with Gasteiger partial charge in [-0.05, 0) is 6.42 Å². The molecule has 3 nitrogen and oxygen atoms in total. The molecule has 18 heavy (non-hydrogen) atoms. The monoisotopic (exact) mass is 299 g/mol. The number of hydrogen-bond donors (Lipinski definition) is 1. The van der Waals surface area contributed by atoms with Crippen LogP contribution in [0, 0.1) is 5.92 Å². The summed E-state index contributed by atoms with van der Waals surface area (Å²) in [6, 6.07) is 9.92. The largest absolute Gasteiger partial charge is 0.258 e. The second-order valence-electron chi connectivity index (χ2n) is 4.31. The molecule has 1 aromatic heterocycles. The van der Waals surface area contributed by atoms with Crippen molar-refractivity contribution < 1.29 is 0 Å². The van der Waals surface area contributed by atoms with Gasteiger partial charge in [0.1, 0.15) is 4.33 Å². The van der Waals surface area contributed by atoms with Gasteiger partial charge in [-0.15, -0.1) is 28.3 Å². The fraction of sp³-hybridized carbons (Fsp3) is 0.333. The van der Waals surface area contributed by atoms with Crippen LogP contribution < -0.4 is 0 Å². The second kappa shape index (κ2) is 4.76. The van der Waals surface area contributed by atoms with E-state index in [0.29, 0.717) is 5.92 Å². The maximum Gasteiger partial charge on any atom is 0.208 e. The van der Waals surface area contributed by atoms with Gasteiger partial charge < -0.3 is 0 Å². The Balaban J connectivity index is 1.64. The van der Waals surface area contributed by atoms with Gasteiger partial charge in [-0.2, -0.15) is 0 Å². The molecule has 1 aromatic carbocycles. The lowest BCUT2D eigenvalue weighted by molar-refractivity contribution is 0.945. The molecule has 0 radical (unpaired) electrons. The van der Waals surface area contributed by atoms with Crippen molar-refractivity contribution >= 4 is 35.0 Å². The number of hydrogen-bond acceptors (Lipinski definition) is 3. The number of nitrogens with zero attached hydrogens (tertiary/aromatic N) is 2. The van der Waals surface area contributed by atoms with Crippen LogP contribution in [0.15, 0.2) is 35.5 Å². The third-order valence-corrected chi connectivity index (χ3v) is 4.82. The Morgan fingerprint density at radius 3 is 2.72 bits per heavy atom. The summed E-state index contributed by atoms with van der Waals surface area (Å²) in [6.45, 7) is 0. The van der Waals surface area contributed by atoms with Gasteiger partial charge in [0.2, 0.25) is 5.16 Å². The molecule has 1 fully saturated rings. The second-order valence-corrected chi connectivity index (χ2v) is 6.84. The first-order valence-electron chi connectivity index (χ1n) is 5.63. The highest BCUT2D eigenvalue weighted by molar-refractivity contribution is 7.99. The molecular weight excluding hydrogens is 289 g/mol. The van der Waals surface area contributed by atoms with Gasteiger partial charge in [0, 0.05) is 17.2 Å². The third-order valence-electron chi connectivity index (χ3n) is 2.88. The van der Waals surface area contributed by atoms with Crippen LogP contribution in [-0.4, -0.2) is 25.3 Å². The molecule has 94 valence electrons. The Labute approximate surface area is 119 Å². The van der Waals surface area contributed by atoms with Crippen LogP contribution in [0.5, 0.6) is 0 Å². The molecule has 1 aliphatic carbocycles. The SMILES string of the molecule is ClC1(Cl)C[C@@H]1CSc1n[nH]c(-c2ccccc2)n1. The van der Waals surface area contributed by atoms with E-state index in [-0.39, 0.29) is 0 Å². The molecule has 1 atom stereocenters. The van der Waals surface area contributed by atoms with Gasteiger partial charge in [0.05, 0.1) is 0 Å². The van der Waals surface area contributed by atoms with Crippen molar-refractivity contribution in [3.8, 4) is 11.4 Å². The van der Waals surface area contributed by atoms with E-state index >= 15 is 0 Å². The fourth-order valence-electron chi connectivity index (χ4n) is 1.66. The van der Waals surface area contributed by atoms with E-state index in [9.17, 15) is 0 Å². The quantitative estimate of drug-likeness (QED) is 0.690. The molecule has 0 amide bonds. The Morgan fingerprint density at radius 1 is 1.33 bits per heavy atom. The number of alkyl halides is 2. The summed E-state index contributed by atoms with van der Waals surface area (Å²) in [4.78, 5) is 4.44. The Morgan fingerprint density at radius 2 is 2.06 bits per heavy atom. The highest BCUT2D eigenvalue weighted by Gasteiger charge is 2.51. The molecule has 0 spiro atoms. The van der Waals surface area contributed by atoms with Crippen molar-refractivity contribution in [3.05, 3.63) is 30.3 Å². The van der Waals surface area contributed by atoms with Gasteiger partial charge in [-0.3, -0.25) is 5.10 Å². The predicted molar refractivity (Wildman–Crippen MR) is 75.1 cm³/mol. The number of H-pyrrole nitrogens is 1. The van der Waals surface area contributed by atoms with Gasteiger partial charge in [0.25, 0.3) is 0 Å². The Kier molecular flexibility index (Phi) is 3.26. The van der Waals surface area contributed by atoms with Crippen LogP contribution in [0.2, 0.25) is 0 Å². The lowest BCUT2D eigenvalue weighted by Crippen LogP contribution is -1.93. The van der Waals surface area contributed by atoms with Gasteiger partial charge >= 0.3 is 0 Å². The number of aromatic nitrogens is 3. The van der Waals surface area contributed by atoms with Crippen molar-refractivity contribution in [1.82, 2.24) is 15.2 Å². The normalized spacial score (nSPS) is 20.9. The molecule has 2 aromatic rings. The van der Waals surface area contributed by atoms with Crippen LogP contribution in [0.25, 0.3) is 11.4 Å². The highest BCUT2D eigenvalue weighted by Crippen LogP contribution is 2.54. The molecule has 3 rings (SSSR count). The van der Waals surface area contributed by atoms with Crippen molar-refractivity contribution in [2.45, 2.75) is 15.9 Å². The molecule has 0 unspecified atom stereocenters. The number of rotatable bonds is 4. The first-order chi connectivity index (χ1) is 8.65. The van der Waals surface area contributed by atoms with Gasteiger partial charge in [0.15, 0.2) is 5.82 Å². The zero-order valence-corrected chi connectivity index (χ0v) is 11.8. The summed E-state index contributed by atoms with van der Waals surface area (Å²) >= 11 is 13.5. The minimum Gasteiger partial charge on any atom is -0.258 e. The first kappa shape index (κ1) is 12.3. The maximum absolute atomic E-state index is 5.98. The molecule has 1 N–H and O–H groups in total. The molecule has 0 saturated heterocycles. The van der Waals surface area contributed by atoms with E-state index in [4.69, 9.17) is 23.2 Å². The number of thioether (sulfide) groups is 1. The highest BCUT2D eigenvalue weighted by atomic mass is 35.5. The van der Waals surface area contributed by atoms with Crippen LogP contribution in [0.4, 0.5) is 0 Å². The van der Waals surface area contributed by atoms with E-state index in [0.717, 1.165) is 28.7 Å². The summed E-state index contributed by atoms with van der Waals surface area (Å²) in [7, 11) is 0. The van der Waals surface area contributed by atoms with E-state index in [1.54, 1.807) is 11.8 Å². The molecule has 1 saturated carbocycles. The Hall–Kier alpha value is -0.710. The van der Waals surface area contributed by atoms with Gasteiger partial charge in [-0.25, -0.2) is 4.98 Å². The number of halogens is 2. The van der Waals surface area contributed by atoms with Crippen molar-refractivity contribution in [2.75, 3.05) is 5.75 Å². The van der Waals surface area contributed by atoms with Crippen LogP contribution in [0.3, 0.4) is 0 Å². The topological polar surface area (TPSA) is 41.6 Å². The maximum atomic E-state index is 5.98. The summed E-state index contributed by atoms with van der Waals surface area (Å²) in [5, 5.41) is 7.86. The number of benzene rings is 1. The first-order valence-corrected chi connectivity index (χ1v) is 7.38. The molecular formula is C12H11Cl2N3S.